The molecule has 0 bridgehead atoms. The van der Waals surface area contributed by atoms with Crippen LogP contribution in [0.3, 0.4) is 0 Å². The maximum absolute atomic E-state index is 12.9. The van der Waals surface area contributed by atoms with Crippen LogP contribution in [-0.4, -0.2) is 36.4 Å². The van der Waals surface area contributed by atoms with Crippen LogP contribution in [0.15, 0.2) is 42.5 Å². The van der Waals surface area contributed by atoms with E-state index in [-0.39, 0.29) is 37.3 Å². The average molecular weight is 372 g/mol. The van der Waals surface area contributed by atoms with Crippen molar-refractivity contribution in [1.82, 2.24) is 10.2 Å². The van der Waals surface area contributed by atoms with Crippen molar-refractivity contribution >= 4 is 11.8 Å². The lowest BCUT2D eigenvalue weighted by Gasteiger charge is -2.21. The molecule has 2 rings (SSSR count). The lowest BCUT2D eigenvalue weighted by Crippen LogP contribution is -2.42. The van der Waals surface area contributed by atoms with E-state index in [1.165, 1.54) is 17.0 Å². The Balaban J connectivity index is 1.83. The number of ether oxygens (including phenoxy) is 1. The van der Waals surface area contributed by atoms with Crippen molar-refractivity contribution in [2.24, 2.45) is 0 Å². The Morgan fingerprint density at radius 3 is 2.48 bits per heavy atom. The van der Waals surface area contributed by atoms with E-state index in [0.29, 0.717) is 12.3 Å². The van der Waals surface area contributed by atoms with Crippen LogP contribution >= 0.6 is 0 Å². The van der Waals surface area contributed by atoms with E-state index >= 15 is 0 Å². The molecule has 0 aliphatic heterocycles. The Labute approximate surface area is 159 Å². The van der Waals surface area contributed by atoms with Gasteiger partial charge < -0.3 is 15.0 Å². The Hall–Kier alpha value is -2.89. The van der Waals surface area contributed by atoms with E-state index < -0.39 is 0 Å². The van der Waals surface area contributed by atoms with Gasteiger partial charge in [0.15, 0.2) is 6.61 Å². The zero-order chi connectivity index (χ0) is 19.8. The highest BCUT2D eigenvalue weighted by Gasteiger charge is 2.16. The summed E-state index contributed by atoms with van der Waals surface area (Å²) in [7, 11) is 0. The van der Waals surface area contributed by atoms with Crippen LogP contribution in [0.5, 0.6) is 5.75 Å². The normalized spacial score (nSPS) is 10.4. The molecule has 6 heteroatoms. The molecule has 27 heavy (non-hydrogen) atoms. The lowest BCUT2D eigenvalue weighted by atomic mass is 10.1. The molecule has 0 saturated carbocycles. The maximum Gasteiger partial charge on any atom is 0.260 e. The van der Waals surface area contributed by atoms with Crippen molar-refractivity contribution in [3.63, 3.8) is 0 Å². The highest BCUT2D eigenvalue weighted by atomic mass is 19.1. The number of rotatable bonds is 8. The Morgan fingerprint density at radius 1 is 1.11 bits per heavy atom. The van der Waals surface area contributed by atoms with Gasteiger partial charge in [-0.15, -0.1) is 0 Å². The maximum atomic E-state index is 12.9. The predicted molar refractivity (Wildman–Crippen MR) is 102 cm³/mol. The molecule has 144 valence electrons. The molecule has 5 nitrogen and oxygen atoms in total. The predicted octanol–water partition coefficient (Wildman–Crippen LogP) is 2.99. The Bertz CT molecular complexity index is 791. The van der Waals surface area contributed by atoms with Crippen molar-refractivity contribution in [3.05, 3.63) is 65.0 Å². The van der Waals surface area contributed by atoms with E-state index in [0.717, 1.165) is 16.7 Å². The van der Waals surface area contributed by atoms with Gasteiger partial charge in [-0.2, -0.15) is 0 Å². The van der Waals surface area contributed by atoms with Crippen molar-refractivity contribution < 1.29 is 18.7 Å². The van der Waals surface area contributed by atoms with E-state index in [2.05, 4.69) is 5.32 Å². The molecule has 0 aliphatic rings. The number of aryl methyl sites for hydroxylation is 1. The molecule has 1 N–H and O–H groups in total. The first-order valence-corrected chi connectivity index (χ1v) is 8.88. The van der Waals surface area contributed by atoms with Crippen LogP contribution in [0.2, 0.25) is 0 Å². The first-order chi connectivity index (χ1) is 12.9. The molecule has 2 aromatic rings. The standard InChI is InChI=1S/C21H25FN2O3/c1-4-24(13-20(25)23-12-17-8-10-18(22)11-9-17)21(26)14-27-19-7-5-6-15(2)16(19)3/h5-11H,4,12-14H2,1-3H3,(H,23,25). The molecule has 0 saturated heterocycles. The quantitative estimate of drug-likeness (QED) is 0.775. The van der Waals surface area contributed by atoms with Crippen LogP contribution in [0.4, 0.5) is 4.39 Å². The van der Waals surface area contributed by atoms with Crippen molar-refractivity contribution in [1.29, 1.82) is 0 Å². The molecule has 0 radical (unpaired) electrons. The molecule has 2 aromatic carbocycles. The SMILES string of the molecule is CCN(CC(=O)NCc1ccc(F)cc1)C(=O)COc1cccc(C)c1C. The van der Waals surface area contributed by atoms with Crippen LogP contribution in [0, 0.1) is 19.7 Å². The van der Waals surface area contributed by atoms with Gasteiger partial charge in [0, 0.05) is 13.1 Å². The first-order valence-electron chi connectivity index (χ1n) is 8.88. The van der Waals surface area contributed by atoms with Gasteiger partial charge in [0.2, 0.25) is 5.91 Å². The number of carbonyl (C=O) groups excluding carboxylic acids is 2. The van der Waals surface area contributed by atoms with Crippen LogP contribution < -0.4 is 10.1 Å². The second-order valence-electron chi connectivity index (χ2n) is 6.30. The molecule has 0 fully saturated rings. The molecule has 2 amide bonds. The first kappa shape index (κ1) is 20.4. The van der Waals surface area contributed by atoms with Gasteiger partial charge in [-0.1, -0.05) is 24.3 Å². The molecule has 0 heterocycles. The number of carbonyl (C=O) groups is 2. The van der Waals surface area contributed by atoms with Gasteiger partial charge in [0.25, 0.3) is 5.91 Å². The van der Waals surface area contributed by atoms with Crippen molar-refractivity contribution in [2.75, 3.05) is 19.7 Å². The summed E-state index contributed by atoms with van der Waals surface area (Å²) >= 11 is 0. The van der Waals surface area contributed by atoms with Crippen LogP contribution in [0.1, 0.15) is 23.6 Å². The number of hydrogen-bond acceptors (Lipinski definition) is 3. The molecule has 0 atom stereocenters. The van der Waals surface area contributed by atoms with Gasteiger partial charge in [-0.05, 0) is 55.7 Å². The zero-order valence-electron chi connectivity index (χ0n) is 15.9. The minimum absolute atomic E-state index is 0.0489. The number of hydrogen-bond donors (Lipinski definition) is 1. The summed E-state index contributed by atoms with van der Waals surface area (Å²) in [5.74, 6) is -0.187. The zero-order valence-corrected chi connectivity index (χ0v) is 15.9. The highest BCUT2D eigenvalue weighted by molar-refractivity contribution is 5.85. The number of amides is 2. The molecular formula is C21H25FN2O3. The average Bonchev–Trinajstić information content (AvgIpc) is 2.66. The fraction of sp³-hybridized carbons (Fsp3) is 0.333. The summed E-state index contributed by atoms with van der Waals surface area (Å²) in [6, 6.07) is 11.6. The number of benzene rings is 2. The monoisotopic (exact) mass is 372 g/mol. The summed E-state index contributed by atoms with van der Waals surface area (Å²) in [5, 5.41) is 2.73. The summed E-state index contributed by atoms with van der Waals surface area (Å²) in [6.07, 6.45) is 0. The van der Waals surface area contributed by atoms with E-state index in [4.69, 9.17) is 4.74 Å². The summed E-state index contributed by atoms with van der Waals surface area (Å²) in [4.78, 5) is 25.9. The summed E-state index contributed by atoms with van der Waals surface area (Å²) < 4.78 is 18.5. The van der Waals surface area contributed by atoms with E-state index in [1.807, 2.05) is 39.0 Å². The second-order valence-corrected chi connectivity index (χ2v) is 6.30. The molecule has 0 spiro atoms. The van der Waals surface area contributed by atoms with Gasteiger partial charge in [0.1, 0.15) is 11.6 Å². The fourth-order valence-corrected chi connectivity index (χ4v) is 2.52. The molecular weight excluding hydrogens is 347 g/mol. The number of likely N-dealkylation sites (N-methyl/N-ethyl adjacent to an activating group) is 1. The van der Waals surface area contributed by atoms with Crippen molar-refractivity contribution in [3.8, 4) is 5.75 Å². The number of nitrogens with zero attached hydrogens (tertiary/aromatic N) is 1. The smallest absolute Gasteiger partial charge is 0.260 e. The molecule has 0 aromatic heterocycles. The number of nitrogens with one attached hydrogen (secondary N) is 1. The fourth-order valence-electron chi connectivity index (χ4n) is 2.52. The minimum atomic E-state index is -0.323. The topological polar surface area (TPSA) is 58.6 Å². The minimum Gasteiger partial charge on any atom is -0.483 e. The Morgan fingerprint density at radius 2 is 1.81 bits per heavy atom. The van der Waals surface area contributed by atoms with Gasteiger partial charge in [-0.3, -0.25) is 9.59 Å². The summed E-state index contributed by atoms with van der Waals surface area (Å²) in [5.41, 5.74) is 2.87. The van der Waals surface area contributed by atoms with Crippen LogP contribution in [0.25, 0.3) is 0 Å². The van der Waals surface area contributed by atoms with E-state index in [9.17, 15) is 14.0 Å². The lowest BCUT2D eigenvalue weighted by molar-refractivity contribution is -0.137. The molecule has 0 aliphatic carbocycles. The third kappa shape index (κ3) is 6.09. The van der Waals surface area contributed by atoms with Gasteiger partial charge in [0.05, 0.1) is 6.54 Å². The summed E-state index contributed by atoms with van der Waals surface area (Å²) in [6.45, 7) is 6.24. The number of halogens is 1. The van der Waals surface area contributed by atoms with Crippen LogP contribution in [-0.2, 0) is 16.1 Å². The largest absolute Gasteiger partial charge is 0.483 e. The van der Waals surface area contributed by atoms with E-state index in [1.54, 1.807) is 12.1 Å². The molecule has 0 unspecified atom stereocenters. The van der Waals surface area contributed by atoms with Gasteiger partial charge >= 0.3 is 0 Å². The Kier molecular flexibility index (Phi) is 7.34. The van der Waals surface area contributed by atoms with Crippen molar-refractivity contribution in [2.45, 2.75) is 27.3 Å². The second kappa shape index (κ2) is 9.71. The van der Waals surface area contributed by atoms with Gasteiger partial charge in [-0.25, -0.2) is 4.39 Å². The highest BCUT2D eigenvalue weighted by Crippen LogP contribution is 2.20. The third-order valence-corrected chi connectivity index (χ3v) is 4.38. The third-order valence-electron chi connectivity index (χ3n) is 4.38.